The lowest BCUT2D eigenvalue weighted by Gasteiger charge is -1.97. The number of rotatable bonds is 4. The SMILES string of the molecule is Cc1cn(CC(=O)c2ccccc2)nc1[N+](=O)[O-]. The van der Waals surface area contributed by atoms with E-state index in [0.29, 0.717) is 11.1 Å². The van der Waals surface area contributed by atoms with E-state index in [2.05, 4.69) is 5.10 Å². The molecule has 0 aliphatic heterocycles. The summed E-state index contributed by atoms with van der Waals surface area (Å²) in [6.07, 6.45) is 1.50. The number of hydrogen-bond donors (Lipinski definition) is 0. The van der Waals surface area contributed by atoms with Crippen LogP contribution in [0.2, 0.25) is 0 Å². The average molecular weight is 245 g/mol. The third kappa shape index (κ3) is 2.42. The fraction of sp³-hybridized carbons (Fsp3) is 0.167. The molecule has 1 heterocycles. The van der Waals surface area contributed by atoms with Crippen LogP contribution >= 0.6 is 0 Å². The normalized spacial score (nSPS) is 10.3. The first kappa shape index (κ1) is 12.0. The second-order valence-corrected chi connectivity index (χ2v) is 3.88. The van der Waals surface area contributed by atoms with Gasteiger partial charge >= 0.3 is 5.82 Å². The molecule has 1 aromatic heterocycles. The summed E-state index contributed by atoms with van der Waals surface area (Å²) >= 11 is 0. The predicted molar refractivity (Wildman–Crippen MR) is 64.4 cm³/mol. The zero-order valence-corrected chi connectivity index (χ0v) is 9.74. The number of aromatic nitrogens is 2. The first-order chi connectivity index (χ1) is 8.58. The molecule has 0 amide bonds. The molecule has 2 aromatic rings. The van der Waals surface area contributed by atoms with Gasteiger partial charge in [0.2, 0.25) is 0 Å². The van der Waals surface area contributed by atoms with E-state index in [-0.39, 0.29) is 18.1 Å². The number of hydrogen-bond acceptors (Lipinski definition) is 4. The van der Waals surface area contributed by atoms with Crippen molar-refractivity contribution < 1.29 is 9.72 Å². The molecular formula is C12H11N3O3. The third-order valence-electron chi connectivity index (χ3n) is 2.49. The molecule has 0 saturated heterocycles. The zero-order chi connectivity index (χ0) is 13.1. The Bertz CT molecular complexity index is 590. The Balaban J connectivity index is 2.18. The summed E-state index contributed by atoms with van der Waals surface area (Å²) in [6, 6.07) is 8.76. The monoisotopic (exact) mass is 245 g/mol. The number of aryl methyl sites for hydroxylation is 1. The summed E-state index contributed by atoms with van der Waals surface area (Å²) in [5.41, 5.74) is 1.01. The molecule has 0 N–H and O–H groups in total. The molecule has 2 rings (SSSR count). The highest BCUT2D eigenvalue weighted by atomic mass is 16.6. The van der Waals surface area contributed by atoms with Gasteiger partial charge in [0.1, 0.15) is 6.54 Å². The van der Waals surface area contributed by atoms with E-state index in [1.165, 1.54) is 10.9 Å². The number of Topliss-reactive ketones (excluding diaryl/α,β-unsaturated/α-hetero) is 1. The molecule has 0 radical (unpaired) electrons. The van der Waals surface area contributed by atoms with Crippen LogP contribution in [-0.2, 0) is 6.54 Å². The van der Waals surface area contributed by atoms with Gasteiger partial charge in [-0.15, -0.1) is 0 Å². The fourth-order valence-corrected chi connectivity index (χ4v) is 1.63. The molecule has 0 atom stereocenters. The number of benzene rings is 1. The molecule has 18 heavy (non-hydrogen) atoms. The molecule has 0 aliphatic carbocycles. The van der Waals surface area contributed by atoms with Gasteiger partial charge in [0.25, 0.3) is 0 Å². The lowest BCUT2D eigenvalue weighted by molar-refractivity contribution is -0.390. The third-order valence-corrected chi connectivity index (χ3v) is 2.49. The molecule has 0 saturated carbocycles. The lowest BCUT2D eigenvalue weighted by atomic mass is 10.1. The minimum absolute atomic E-state index is 0.00130. The van der Waals surface area contributed by atoms with E-state index in [0.717, 1.165) is 0 Å². The van der Waals surface area contributed by atoms with Crippen LogP contribution < -0.4 is 0 Å². The molecular weight excluding hydrogens is 234 g/mol. The van der Waals surface area contributed by atoms with Gasteiger partial charge in [-0.1, -0.05) is 30.3 Å². The molecule has 6 nitrogen and oxygen atoms in total. The number of nitrogens with zero attached hydrogens (tertiary/aromatic N) is 3. The second-order valence-electron chi connectivity index (χ2n) is 3.88. The van der Waals surface area contributed by atoms with Crippen molar-refractivity contribution in [1.82, 2.24) is 9.78 Å². The van der Waals surface area contributed by atoms with Crippen molar-refractivity contribution in [2.75, 3.05) is 0 Å². The van der Waals surface area contributed by atoms with Crippen LogP contribution in [0, 0.1) is 17.0 Å². The molecule has 0 fully saturated rings. The van der Waals surface area contributed by atoms with Crippen molar-refractivity contribution in [2.24, 2.45) is 0 Å². The van der Waals surface area contributed by atoms with Crippen molar-refractivity contribution >= 4 is 11.6 Å². The summed E-state index contributed by atoms with van der Waals surface area (Å²) in [7, 11) is 0. The highest BCUT2D eigenvalue weighted by Gasteiger charge is 2.18. The minimum atomic E-state index is -0.557. The van der Waals surface area contributed by atoms with E-state index < -0.39 is 4.92 Å². The number of carbonyl (C=O) groups excluding carboxylic acids is 1. The largest absolute Gasteiger partial charge is 0.392 e. The second kappa shape index (κ2) is 4.79. The van der Waals surface area contributed by atoms with Crippen LogP contribution in [-0.4, -0.2) is 20.5 Å². The Hall–Kier alpha value is -2.50. The summed E-state index contributed by atoms with van der Waals surface area (Å²) in [6.45, 7) is 1.59. The van der Waals surface area contributed by atoms with Gasteiger partial charge in [0.05, 0.1) is 16.9 Å². The number of nitro groups is 1. The van der Waals surface area contributed by atoms with Crippen LogP contribution in [0.5, 0.6) is 0 Å². The molecule has 0 aliphatic rings. The van der Waals surface area contributed by atoms with Crippen LogP contribution in [0.4, 0.5) is 5.82 Å². The highest BCUT2D eigenvalue weighted by molar-refractivity contribution is 5.95. The minimum Gasteiger partial charge on any atom is -0.358 e. The lowest BCUT2D eigenvalue weighted by Crippen LogP contribution is -2.11. The molecule has 0 unspecified atom stereocenters. The van der Waals surface area contributed by atoms with E-state index >= 15 is 0 Å². The highest BCUT2D eigenvalue weighted by Crippen LogP contribution is 2.14. The van der Waals surface area contributed by atoms with Gasteiger partial charge < -0.3 is 10.1 Å². The van der Waals surface area contributed by atoms with Gasteiger partial charge in [-0.05, 0) is 11.8 Å². The van der Waals surface area contributed by atoms with Crippen molar-refractivity contribution in [3.63, 3.8) is 0 Å². The van der Waals surface area contributed by atoms with Crippen LogP contribution in [0.3, 0.4) is 0 Å². The Morgan fingerprint density at radius 2 is 2.06 bits per heavy atom. The summed E-state index contributed by atoms with van der Waals surface area (Å²) in [5.74, 6) is -0.344. The van der Waals surface area contributed by atoms with E-state index in [1.807, 2.05) is 6.07 Å². The standard InChI is InChI=1S/C12H11N3O3/c1-9-7-14(13-12(9)15(17)18)8-11(16)10-5-3-2-4-6-10/h2-7H,8H2,1H3. The average Bonchev–Trinajstić information content (AvgIpc) is 2.71. The maximum absolute atomic E-state index is 11.9. The molecule has 1 aromatic carbocycles. The van der Waals surface area contributed by atoms with Crippen molar-refractivity contribution in [1.29, 1.82) is 0 Å². The van der Waals surface area contributed by atoms with E-state index in [9.17, 15) is 14.9 Å². The Morgan fingerprint density at radius 1 is 1.39 bits per heavy atom. The van der Waals surface area contributed by atoms with Gasteiger partial charge in [-0.25, -0.2) is 0 Å². The van der Waals surface area contributed by atoms with E-state index in [4.69, 9.17) is 0 Å². The van der Waals surface area contributed by atoms with Crippen molar-refractivity contribution in [3.8, 4) is 0 Å². The van der Waals surface area contributed by atoms with Crippen LogP contribution in [0.25, 0.3) is 0 Å². The zero-order valence-electron chi connectivity index (χ0n) is 9.74. The molecule has 6 heteroatoms. The smallest absolute Gasteiger partial charge is 0.358 e. The first-order valence-electron chi connectivity index (χ1n) is 5.34. The Kier molecular flexibility index (Phi) is 3.18. The predicted octanol–water partition coefficient (Wildman–Crippen LogP) is 1.98. The summed E-state index contributed by atoms with van der Waals surface area (Å²) < 4.78 is 1.29. The Morgan fingerprint density at radius 3 is 2.61 bits per heavy atom. The Labute approximate surface area is 103 Å². The maximum Gasteiger partial charge on any atom is 0.392 e. The topological polar surface area (TPSA) is 78.0 Å². The van der Waals surface area contributed by atoms with Gasteiger partial charge in [0.15, 0.2) is 5.78 Å². The fourth-order valence-electron chi connectivity index (χ4n) is 1.63. The summed E-state index contributed by atoms with van der Waals surface area (Å²) in [5, 5.41) is 14.4. The maximum atomic E-state index is 11.9. The summed E-state index contributed by atoms with van der Waals surface area (Å²) in [4.78, 5) is 22.0. The van der Waals surface area contributed by atoms with Crippen LogP contribution in [0.1, 0.15) is 15.9 Å². The van der Waals surface area contributed by atoms with Crippen molar-refractivity contribution in [2.45, 2.75) is 13.5 Å². The van der Waals surface area contributed by atoms with Crippen molar-refractivity contribution in [3.05, 3.63) is 57.8 Å². The van der Waals surface area contributed by atoms with Gasteiger partial charge in [-0.2, -0.15) is 4.68 Å². The molecule has 0 bridgehead atoms. The molecule has 92 valence electrons. The van der Waals surface area contributed by atoms with Gasteiger partial charge in [0, 0.05) is 5.56 Å². The van der Waals surface area contributed by atoms with Crippen LogP contribution in [0.15, 0.2) is 36.5 Å². The quantitative estimate of drug-likeness (QED) is 0.468. The van der Waals surface area contributed by atoms with Gasteiger partial charge in [-0.3, -0.25) is 4.79 Å². The number of ketones is 1. The molecule has 0 spiro atoms. The first-order valence-corrected chi connectivity index (χ1v) is 5.34. The number of carbonyl (C=O) groups is 1. The van der Waals surface area contributed by atoms with E-state index in [1.54, 1.807) is 31.2 Å².